The van der Waals surface area contributed by atoms with E-state index in [1.54, 1.807) is 4.90 Å². The van der Waals surface area contributed by atoms with Crippen LogP contribution in [0, 0.1) is 5.82 Å². The summed E-state index contributed by atoms with van der Waals surface area (Å²) in [5.74, 6) is -0.453. The van der Waals surface area contributed by atoms with Gasteiger partial charge in [-0.05, 0) is 31.2 Å². The molecule has 2 rings (SSSR count). The first-order valence-electron chi connectivity index (χ1n) is 6.00. The minimum atomic E-state index is -0.345. The summed E-state index contributed by atoms with van der Waals surface area (Å²) in [6.45, 7) is 3.36. The van der Waals surface area contributed by atoms with Gasteiger partial charge in [-0.3, -0.25) is 4.79 Å². The molecule has 2 N–H and O–H groups in total. The van der Waals surface area contributed by atoms with Gasteiger partial charge in [0.25, 0.3) is 5.91 Å². The van der Waals surface area contributed by atoms with Crippen molar-refractivity contribution in [1.29, 1.82) is 0 Å². The number of rotatable bonds is 2. The van der Waals surface area contributed by atoms with Gasteiger partial charge in [0.05, 0.1) is 12.7 Å². The topological polar surface area (TPSA) is 55.6 Å². The maximum Gasteiger partial charge on any atom is 0.254 e. The molecule has 1 aliphatic rings. The van der Waals surface area contributed by atoms with Crippen LogP contribution in [0.15, 0.2) is 24.3 Å². The third-order valence-corrected chi connectivity index (χ3v) is 3.06. The molecule has 1 fully saturated rings. The van der Waals surface area contributed by atoms with Crippen molar-refractivity contribution in [3.05, 3.63) is 35.6 Å². The van der Waals surface area contributed by atoms with Crippen molar-refractivity contribution in [1.82, 2.24) is 4.90 Å². The largest absolute Gasteiger partial charge is 0.373 e. The molecular weight excluding hydrogens is 235 g/mol. The lowest BCUT2D eigenvalue weighted by atomic mass is 10.1. The first kappa shape index (κ1) is 13.0. The summed E-state index contributed by atoms with van der Waals surface area (Å²) in [6.07, 6.45) is -0.136. The molecule has 0 radical (unpaired) electrons. The Morgan fingerprint density at radius 2 is 2.17 bits per heavy atom. The highest BCUT2D eigenvalue weighted by Crippen LogP contribution is 2.12. The fraction of sp³-hybridized carbons (Fsp3) is 0.462. The summed E-state index contributed by atoms with van der Waals surface area (Å²) in [4.78, 5) is 13.9. The molecule has 4 nitrogen and oxygen atoms in total. The van der Waals surface area contributed by atoms with E-state index in [-0.39, 0.29) is 23.9 Å². The smallest absolute Gasteiger partial charge is 0.254 e. The van der Waals surface area contributed by atoms with Crippen molar-refractivity contribution in [2.75, 3.05) is 19.7 Å². The number of ether oxygens (including phenoxy) is 1. The van der Waals surface area contributed by atoms with E-state index in [2.05, 4.69) is 0 Å². The third kappa shape index (κ3) is 2.86. The molecule has 0 aromatic heterocycles. The Labute approximate surface area is 106 Å². The molecule has 1 amide bonds. The number of benzene rings is 1. The summed E-state index contributed by atoms with van der Waals surface area (Å²) in [5, 5.41) is 0. The van der Waals surface area contributed by atoms with Gasteiger partial charge >= 0.3 is 0 Å². The van der Waals surface area contributed by atoms with Gasteiger partial charge in [-0.2, -0.15) is 0 Å². The van der Waals surface area contributed by atoms with Crippen LogP contribution in [0.4, 0.5) is 4.39 Å². The number of morpholine rings is 1. The minimum Gasteiger partial charge on any atom is -0.373 e. The van der Waals surface area contributed by atoms with E-state index in [0.29, 0.717) is 25.3 Å². The number of amides is 1. The van der Waals surface area contributed by atoms with Crippen LogP contribution in [0.2, 0.25) is 0 Å². The Hall–Kier alpha value is -1.46. The molecule has 1 aromatic carbocycles. The fourth-order valence-corrected chi connectivity index (χ4v) is 1.95. The van der Waals surface area contributed by atoms with Crippen LogP contribution in [-0.2, 0) is 4.74 Å². The highest BCUT2D eigenvalue weighted by Gasteiger charge is 2.27. The highest BCUT2D eigenvalue weighted by atomic mass is 19.1. The van der Waals surface area contributed by atoms with E-state index in [9.17, 15) is 9.18 Å². The molecular formula is C13H17FN2O2. The zero-order chi connectivity index (χ0) is 13.1. The Bertz CT molecular complexity index is 420. The number of hydrogen-bond acceptors (Lipinski definition) is 3. The number of nitrogens with two attached hydrogens (primary N) is 1. The number of halogens is 1. The van der Waals surface area contributed by atoms with Crippen molar-refractivity contribution < 1.29 is 13.9 Å². The molecule has 98 valence electrons. The standard InChI is InChI=1S/C13H17FN2O2/c1-9(15)12-8-16(6-7-18-12)13(17)10-2-4-11(14)5-3-10/h2-5,9,12H,6-8,15H2,1H3. The van der Waals surface area contributed by atoms with E-state index in [1.165, 1.54) is 24.3 Å². The molecule has 0 saturated carbocycles. The molecule has 0 bridgehead atoms. The number of nitrogens with zero attached hydrogens (tertiary/aromatic N) is 1. The molecule has 1 heterocycles. The molecule has 1 aromatic rings. The van der Waals surface area contributed by atoms with E-state index in [0.717, 1.165) is 0 Å². The maximum atomic E-state index is 12.8. The Kier molecular flexibility index (Phi) is 3.93. The van der Waals surface area contributed by atoms with Gasteiger partial charge in [-0.1, -0.05) is 0 Å². The number of carbonyl (C=O) groups is 1. The molecule has 0 aliphatic carbocycles. The van der Waals surface area contributed by atoms with Crippen molar-refractivity contribution >= 4 is 5.91 Å². The fourth-order valence-electron chi connectivity index (χ4n) is 1.95. The predicted octanol–water partition coefficient (Wildman–Crippen LogP) is 1.01. The number of hydrogen-bond donors (Lipinski definition) is 1. The van der Waals surface area contributed by atoms with Crippen LogP contribution in [0.1, 0.15) is 17.3 Å². The molecule has 1 aliphatic heterocycles. The Morgan fingerprint density at radius 3 is 2.78 bits per heavy atom. The molecule has 2 unspecified atom stereocenters. The van der Waals surface area contributed by atoms with E-state index in [1.807, 2.05) is 6.92 Å². The van der Waals surface area contributed by atoms with Crippen LogP contribution >= 0.6 is 0 Å². The first-order valence-corrected chi connectivity index (χ1v) is 6.00. The zero-order valence-electron chi connectivity index (χ0n) is 10.3. The van der Waals surface area contributed by atoms with Gasteiger partial charge < -0.3 is 15.4 Å². The molecule has 5 heteroatoms. The average molecular weight is 252 g/mol. The molecule has 1 saturated heterocycles. The Morgan fingerprint density at radius 1 is 1.50 bits per heavy atom. The normalized spacial score (nSPS) is 21.7. The van der Waals surface area contributed by atoms with E-state index < -0.39 is 0 Å². The quantitative estimate of drug-likeness (QED) is 0.854. The summed E-state index contributed by atoms with van der Waals surface area (Å²) in [6, 6.07) is 5.45. The Balaban J connectivity index is 2.06. The zero-order valence-corrected chi connectivity index (χ0v) is 10.3. The SMILES string of the molecule is CC(N)C1CN(C(=O)c2ccc(F)cc2)CCO1. The van der Waals surface area contributed by atoms with Crippen molar-refractivity contribution in [3.8, 4) is 0 Å². The lowest BCUT2D eigenvalue weighted by Gasteiger charge is -2.34. The van der Waals surface area contributed by atoms with Gasteiger partial charge in [0.1, 0.15) is 5.82 Å². The second-order valence-corrected chi connectivity index (χ2v) is 4.53. The van der Waals surface area contributed by atoms with Crippen LogP contribution in [-0.4, -0.2) is 42.6 Å². The first-order chi connectivity index (χ1) is 8.58. The van der Waals surface area contributed by atoms with Gasteiger partial charge in [-0.15, -0.1) is 0 Å². The second kappa shape index (κ2) is 5.46. The van der Waals surface area contributed by atoms with Crippen molar-refractivity contribution in [3.63, 3.8) is 0 Å². The van der Waals surface area contributed by atoms with Crippen LogP contribution in [0.25, 0.3) is 0 Å². The summed E-state index contributed by atoms with van der Waals surface area (Å²) in [5.41, 5.74) is 6.26. The van der Waals surface area contributed by atoms with Gasteiger partial charge in [0, 0.05) is 24.7 Å². The number of carbonyl (C=O) groups excluding carboxylic acids is 1. The summed E-state index contributed by atoms with van der Waals surface area (Å²) in [7, 11) is 0. The summed E-state index contributed by atoms with van der Waals surface area (Å²) >= 11 is 0. The third-order valence-electron chi connectivity index (χ3n) is 3.06. The van der Waals surface area contributed by atoms with Crippen molar-refractivity contribution in [2.45, 2.75) is 19.1 Å². The van der Waals surface area contributed by atoms with Gasteiger partial charge in [-0.25, -0.2) is 4.39 Å². The lowest BCUT2D eigenvalue weighted by molar-refractivity contribution is -0.0300. The monoisotopic (exact) mass is 252 g/mol. The molecule has 0 spiro atoms. The molecule has 18 heavy (non-hydrogen) atoms. The average Bonchev–Trinajstić information content (AvgIpc) is 2.39. The van der Waals surface area contributed by atoms with Crippen molar-refractivity contribution in [2.24, 2.45) is 5.73 Å². The van der Waals surface area contributed by atoms with Crippen LogP contribution in [0.5, 0.6) is 0 Å². The minimum absolute atomic E-state index is 0.107. The molecule has 2 atom stereocenters. The summed E-state index contributed by atoms with van der Waals surface area (Å²) < 4.78 is 18.3. The highest BCUT2D eigenvalue weighted by molar-refractivity contribution is 5.94. The van der Waals surface area contributed by atoms with Crippen LogP contribution in [0.3, 0.4) is 0 Å². The van der Waals surface area contributed by atoms with E-state index >= 15 is 0 Å². The maximum absolute atomic E-state index is 12.8. The second-order valence-electron chi connectivity index (χ2n) is 4.53. The lowest BCUT2D eigenvalue weighted by Crippen LogP contribution is -2.51. The predicted molar refractivity (Wildman–Crippen MR) is 65.7 cm³/mol. The van der Waals surface area contributed by atoms with Gasteiger partial charge in [0.15, 0.2) is 0 Å². The van der Waals surface area contributed by atoms with E-state index in [4.69, 9.17) is 10.5 Å². The van der Waals surface area contributed by atoms with Gasteiger partial charge in [0.2, 0.25) is 0 Å². The van der Waals surface area contributed by atoms with Crippen LogP contribution < -0.4 is 5.73 Å².